The highest BCUT2D eigenvalue weighted by Crippen LogP contribution is 2.41. The molecule has 0 aromatic heterocycles. The van der Waals surface area contributed by atoms with Crippen molar-refractivity contribution in [2.24, 2.45) is 0 Å². The molecule has 1 saturated heterocycles. The zero-order valence-corrected chi connectivity index (χ0v) is 14.8. The average Bonchev–Trinajstić information content (AvgIpc) is 2.95. The average molecular weight is 347 g/mol. The predicted octanol–water partition coefficient (Wildman–Crippen LogP) is 3.08. The highest BCUT2D eigenvalue weighted by atomic mass is 32.2. The predicted molar refractivity (Wildman–Crippen MR) is 90.8 cm³/mol. The van der Waals surface area contributed by atoms with Crippen LogP contribution >= 0.6 is 0 Å². The van der Waals surface area contributed by atoms with E-state index in [2.05, 4.69) is 0 Å². The van der Waals surface area contributed by atoms with E-state index in [9.17, 15) is 8.42 Å². The van der Waals surface area contributed by atoms with Crippen LogP contribution in [-0.2, 0) is 19.5 Å². The molecule has 128 valence electrons. The van der Waals surface area contributed by atoms with Crippen LogP contribution in [0.2, 0.25) is 0 Å². The number of ether oxygens (including phenoxy) is 2. The lowest BCUT2D eigenvalue weighted by Crippen LogP contribution is -2.48. The standard InChI is InChI=1S/C18H21NO4S/c1-14-9-11-16(12-10-14)24(20,21)19-17(13-23-18(19,2)22-3)15-7-5-4-6-8-15/h4-12,17H,13H2,1-3H3/t17-,18?/m0/s1. The number of hydrogen-bond acceptors (Lipinski definition) is 4. The lowest BCUT2D eigenvalue weighted by molar-refractivity contribution is -0.226. The van der Waals surface area contributed by atoms with Crippen molar-refractivity contribution in [1.29, 1.82) is 0 Å². The smallest absolute Gasteiger partial charge is 0.248 e. The Balaban J connectivity index is 2.10. The summed E-state index contributed by atoms with van der Waals surface area (Å²) in [5, 5.41) is 0. The van der Waals surface area contributed by atoms with Gasteiger partial charge in [-0.2, -0.15) is 0 Å². The Labute approximate surface area is 142 Å². The second-order valence-corrected chi connectivity index (χ2v) is 7.77. The molecule has 1 aliphatic heterocycles. The first-order chi connectivity index (χ1) is 11.4. The number of nitrogens with zero attached hydrogens (tertiary/aromatic N) is 1. The molecule has 1 heterocycles. The highest BCUT2D eigenvalue weighted by molar-refractivity contribution is 7.89. The quantitative estimate of drug-likeness (QED) is 0.853. The first kappa shape index (κ1) is 17.1. The molecular formula is C18H21NO4S. The van der Waals surface area contributed by atoms with Gasteiger partial charge in [-0.15, -0.1) is 4.31 Å². The van der Waals surface area contributed by atoms with E-state index in [1.807, 2.05) is 37.3 Å². The molecule has 0 saturated carbocycles. The van der Waals surface area contributed by atoms with Crippen molar-refractivity contribution in [3.05, 3.63) is 65.7 Å². The van der Waals surface area contributed by atoms with Crippen LogP contribution in [0.1, 0.15) is 24.1 Å². The molecule has 6 heteroatoms. The number of sulfonamides is 1. The van der Waals surface area contributed by atoms with Crippen LogP contribution in [0.25, 0.3) is 0 Å². The molecule has 2 aromatic carbocycles. The normalized spacial score (nSPS) is 25.0. The van der Waals surface area contributed by atoms with E-state index in [0.29, 0.717) is 0 Å². The zero-order chi connectivity index (χ0) is 17.4. The van der Waals surface area contributed by atoms with Gasteiger partial charge >= 0.3 is 0 Å². The van der Waals surface area contributed by atoms with Crippen molar-refractivity contribution in [3.63, 3.8) is 0 Å². The Morgan fingerprint density at radius 2 is 1.75 bits per heavy atom. The van der Waals surface area contributed by atoms with Gasteiger partial charge in [0.15, 0.2) is 0 Å². The molecule has 0 bridgehead atoms. The fourth-order valence-electron chi connectivity index (χ4n) is 2.91. The molecule has 24 heavy (non-hydrogen) atoms. The molecular weight excluding hydrogens is 326 g/mol. The highest BCUT2D eigenvalue weighted by Gasteiger charge is 2.52. The van der Waals surface area contributed by atoms with Gasteiger partial charge in [-0.3, -0.25) is 0 Å². The molecule has 2 atom stereocenters. The van der Waals surface area contributed by atoms with Crippen molar-refractivity contribution >= 4 is 10.0 Å². The minimum Gasteiger partial charge on any atom is -0.340 e. The minimum absolute atomic E-state index is 0.225. The Morgan fingerprint density at radius 3 is 2.33 bits per heavy atom. The molecule has 0 radical (unpaired) electrons. The van der Waals surface area contributed by atoms with Gasteiger partial charge in [0.1, 0.15) is 0 Å². The van der Waals surface area contributed by atoms with Gasteiger partial charge in [0, 0.05) is 14.0 Å². The van der Waals surface area contributed by atoms with Crippen molar-refractivity contribution < 1.29 is 17.9 Å². The van der Waals surface area contributed by atoms with E-state index in [-0.39, 0.29) is 11.5 Å². The van der Waals surface area contributed by atoms with Crippen molar-refractivity contribution in [2.45, 2.75) is 30.7 Å². The molecule has 1 fully saturated rings. The minimum atomic E-state index is -3.79. The molecule has 0 N–H and O–H groups in total. The molecule has 5 nitrogen and oxygen atoms in total. The van der Waals surface area contributed by atoms with E-state index in [4.69, 9.17) is 9.47 Å². The second-order valence-electron chi connectivity index (χ2n) is 5.95. The van der Waals surface area contributed by atoms with Gasteiger partial charge in [-0.25, -0.2) is 8.42 Å². The van der Waals surface area contributed by atoms with Crippen LogP contribution in [0.4, 0.5) is 0 Å². The van der Waals surface area contributed by atoms with Gasteiger partial charge in [0.2, 0.25) is 15.9 Å². The van der Waals surface area contributed by atoms with Gasteiger partial charge in [-0.05, 0) is 24.6 Å². The summed E-state index contributed by atoms with van der Waals surface area (Å²) in [6, 6.07) is 15.8. The number of benzene rings is 2. The van der Waals surface area contributed by atoms with Gasteiger partial charge in [0.25, 0.3) is 0 Å². The molecule has 0 spiro atoms. The Morgan fingerprint density at radius 1 is 1.12 bits per heavy atom. The van der Waals surface area contributed by atoms with Crippen LogP contribution in [0, 0.1) is 6.92 Å². The van der Waals surface area contributed by atoms with Crippen molar-refractivity contribution in [2.75, 3.05) is 13.7 Å². The van der Waals surface area contributed by atoms with E-state index >= 15 is 0 Å². The molecule has 0 aliphatic carbocycles. The van der Waals surface area contributed by atoms with E-state index in [0.717, 1.165) is 11.1 Å². The van der Waals surface area contributed by atoms with Crippen LogP contribution in [0.15, 0.2) is 59.5 Å². The molecule has 2 aromatic rings. The lowest BCUT2D eigenvalue weighted by atomic mass is 10.1. The molecule has 3 rings (SSSR count). The molecule has 1 aliphatic rings. The monoisotopic (exact) mass is 347 g/mol. The van der Waals surface area contributed by atoms with Gasteiger partial charge in [0.05, 0.1) is 17.5 Å². The summed E-state index contributed by atoms with van der Waals surface area (Å²) in [5.41, 5.74) is 1.87. The zero-order valence-electron chi connectivity index (χ0n) is 14.0. The summed E-state index contributed by atoms with van der Waals surface area (Å²) in [6.07, 6.45) is 0. The SMILES string of the molecule is COC1(C)OC[C@@H](c2ccccc2)N1S(=O)(=O)c1ccc(C)cc1. The van der Waals surface area contributed by atoms with Crippen LogP contribution < -0.4 is 0 Å². The van der Waals surface area contributed by atoms with E-state index in [1.165, 1.54) is 11.4 Å². The third kappa shape index (κ3) is 2.86. The van der Waals surface area contributed by atoms with Crippen molar-refractivity contribution in [1.82, 2.24) is 4.31 Å². The molecule has 1 unspecified atom stereocenters. The first-order valence-corrected chi connectivity index (χ1v) is 9.18. The van der Waals surface area contributed by atoms with E-state index in [1.54, 1.807) is 31.2 Å². The molecule has 0 amide bonds. The number of aryl methyl sites for hydroxylation is 1. The maximum absolute atomic E-state index is 13.3. The second kappa shape index (κ2) is 6.29. The topological polar surface area (TPSA) is 55.8 Å². The lowest BCUT2D eigenvalue weighted by Gasteiger charge is -2.33. The Bertz CT molecular complexity index is 805. The third-order valence-electron chi connectivity index (χ3n) is 4.33. The summed E-state index contributed by atoms with van der Waals surface area (Å²) in [7, 11) is -2.34. The Kier molecular flexibility index (Phi) is 4.48. The maximum atomic E-state index is 13.3. The summed E-state index contributed by atoms with van der Waals surface area (Å²) in [5.74, 6) is -1.34. The number of hydrogen-bond donors (Lipinski definition) is 0. The number of rotatable bonds is 4. The van der Waals surface area contributed by atoms with Crippen LogP contribution in [0.3, 0.4) is 0 Å². The fraction of sp³-hybridized carbons (Fsp3) is 0.333. The van der Waals surface area contributed by atoms with Gasteiger partial charge < -0.3 is 9.47 Å². The van der Waals surface area contributed by atoms with E-state index < -0.39 is 22.0 Å². The summed E-state index contributed by atoms with van der Waals surface area (Å²) in [4.78, 5) is 0.225. The Hall–Kier alpha value is -1.73. The van der Waals surface area contributed by atoms with Crippen molar-refractivity contribution in [3.8, 4) is 0 Å². The van der Waals surface area contributed by atoms with Crippen LogP contribution in [0.5, 0.6) is 0 Å². The number of methoxy groups -OCH3 is 1. The summed E-state index contributed by atoms with van der Waals surface area (Å²) >= 11 is 0. The van der Waals surface area contributed by atoms with Gasteiger partial charge in [-0.1, -0.05) is 48.0 Å². The van der Waals surface area contributed by atoms with Crippen LogP contribution in [-0.4, -0.2) is 32.4 Å². The first-order valence-electron chi connectivity index (χ1n) is 7.74. The summed E-state index contributed by atoms with van der Waals surface area (Å²) < 4.78 is 39.0. The third-order valence-corrected chi connectivity index (χ3v) is 6.31. The largest absolute Gasteiger partial charge is 0.340 e. The summed E-state index contributed by atoms with van der Waals surface area (Å²) in [6.45, 7) is 3.78. The maximum Gasteiger partial charge on any atom is 0.248 e. The fourth-order valence-corrected chi connectivity index (χ4v) is 4.70.